The Labute approximate surface area is 103 Å². The molecule has 0 aliphatic rings. The van der Waals surface area contributed by atoms with E-state index >= 15 is 0 Å². The Morgan fingerprint density at radius 3 is 2.56 bits per heavy atom. The van der Waals surface area contributed by atoms with Gasteiger partial charge in [0.05, 0.1) is 5.56 Å². The third kappa shape index (κ3) is 2.05. The van der Waals surface area contributed by atoms with Crippen LogP contribution in [-0.2, 0) is 17.1 Å². The van der Waals surface area contributed by atoms with Crippen molar-refractivity contribution in [2.45, 2.75) is 12.1 Å². The van der Waals surface area contributed by atoms with Gasteiger partial charge in [0.2, 0.25) is 0 Å². The van der Waals surface area contributed by atoms with E-state index in [0.717, 1.165) is 4.57 Å². The smallest absolute Gasteiger partial charge is 0.273 e. The lowest BCUT2D eigenvalue weighted by atomic mass is 10.2. The Morgan fingerprint density at radius 2 is 2.06 bits per heavy atom. The van der Waals surface area contributed by atoms with E-state index in [2.05, 4.69) is 15.2 Å². The van der Waals surface area contributed by atoms with Crippen LogP contribution in [0, 0.1) is 6.92 Å². The van der Waals surface area contributed by atoms with Gasteiger partial charge < -0.3 is 4.98 Å². The van der Waals surface area contributed by atoms with E-state index in [1.165, 1.54) is 19.3 Å². The fraction of sp³-hybridized carbons (Fsp3) is 0.222. The third-order valence-electron chi connectivity index (χ3n) is 2.39. The molecule has 96 valence electrons. The van der Waals surface area contributed by atoms with Gasteiger partial charge in [0.1, 0.15) is 0 Å². The van der Waals surface area contributed by atoms with Crippen LogP contribution in [0.5, 0.6) is 0 Å². The van der Waals surface area contributed by atoms with Crippen LogP contribution in [0.2, 0.25) is 0 Å². The molecule has 0 aliphatic carbocycles. The zero-order valence-corrected chi connectivity index (χ0v) is 10.5. The molecule has 0 aliphatic heterocycles. The van der Waals surface area contributed by atoms with E-state index in [9.17, 15) is 13.2 Å². The van der Waals surface area contributed by atoms with Crippen LogP contribution in [0.15, 0.2) is 22.2 Å². The van der Waals surface area contributed by atoms with E-state index in [4.69, 9.17) is 5.14 Å². The van der Waals surface area contributed by atoms with Crippen molar-refractivity contribution in [1.29, 1.82) is 0 Å². The summed E-state index contributed by atoms with van der Waals surface area (Å²) in [7, 11) is -2.54. The van der Waals surface area contributed by atoms with E-state index in [-0.39, 0.29) is 16.8 Å². The van der Waals surface area contributed by atoms with Crippen molar-refractivity contribution in [3.05, 3.63) is 28.2 Å². The molecule has 0 atom stereocenters. The van der Waals surface area contributed by atoms with Gasteiger partial charge in [0.25, 0.3) is 15.2 Å². The van der Waals surface area contributed by atoms with E-state index in [1.54, 1.807) is 6.92 Å². The van der Waals surface area contributed by atoms with Gasteiger partial charge in [-0.15, -0.1) is 10.2 Å². The van der Waals surface area contributed by atoms with Gasteiger partial charge in [-0.2, -0.15) is 0 Å². The number of aromatic nitrogens is 4. The number of hydrogen-bond donors (Lipinski definition) is 2. The molecule has 0 fully saturated rings. The normalized spacial score (nSPS) is 11.7. The molecular weight excluding hydrogens is 258 g/mol. The fourth-order valence-electron chi connectivity index (χ4n) is 1.55. The highest BCUT2D eigenvalue weighted by Crippen LogP contribution is 2.14. The van der Waals surface area contributed by atoms with Crippen LogP contribution >= 0.6 is 0 Å². The van der Waals surface area contributed by atoms with Crippen LogP contribution < -0.4 is 10.6 Å². The van der Waals surface area contributed by atoms with Crippen molar-refractivity contribution in [2.75, 3.05) is 0 Å². The van der Waals surface area contributed by atoms with E-state index in [0.29, 0.717) is 5.69 Å². The Hall–Kier alpha value is -2.00. The van der Waals surface area contributed by atoms with Crippen molar-refractivity contribution in [2.24, 2.45) is 12.2 Å². The zero-order valence-electron chi connectivity index (χ0n) is 9.71. The summed E-state index contributed by atoms with van der Waals surface area (Å²) in [5.74, 6) is 0.139. The maximum atomic E-state index is 11.8. The first-order valence-electron chi connectivity index (χ1n) is 4.92. The SMILES string of the molecule is Cc1cc(=O)c(-c2nnc(S(N)(=O)=O)n2C)c[nH]1. The highest BCUT2D eigenvalue weighted by atomic mass is 32.2. The molecular formula is C9H11N5O3S. The lowest BCUT2D eigenvalue weighted by molar-refractivity contribution is 0.580. The van der Waals surface area contributed by atoms with Gasteiger partial charge in [0.15, 0.2) is 11.3 Å². The predicted octanol–water partition coefficient (Wildman–Crippen LogP) is -0.874. The van der Waals surface area contributed by atoms with Crippen molar-refractivity contribution < 1.29 is 8.42 Å². The Bertz CT molecular complexity index is 759. The predicted molar refractivity (Wildman–Crippen MR) is 63.2 cm³/mol. The summed E-state index contributed by atoms with van der Waals surface area (Å²) >= 11 is 0. The number of aryl methyl sites for hydroxylation is 1. The minimum absolute atomic E-state index is 0.139. The highest BCUT2D eigenvalue weighted by molar-refractivity contribution is 7.89. The molecule has 0 saturated heterocycles. The summed E-state index contributed by atoms with van der Waals surface area (Å²) in [6.07, 6.45) is 1.45. The third-order valence-corrected chi connectivity index (χ3v) is 3.25. The summed E-state index contributed by atoms with van der Waals surface area (Å²) in [5.41, 5.74) is 0.644. The molecule has 0 aromatic carbocycles. The van der Waals surface area contributed by atoms with Crippen LogP contribution in [0.25, 0.3) is 11.4 Å². The number of aromatic amines is 1. The first kappa shape index (κ1) is 12.5. The number of H-pyrrole nitrogens is 1. The molecule has 0 saturated carbocycles. The van der Waals surface area contributed by atoms with Gasteiger partial charge in [-0.25, -0.2) is 13.6 Å². The number of rotatable bonds is 2. The molecule has 18 heavy (non-hydrogen) atoms. The standard InChI is InChI=1S/C9H11N5O3S/c1-5-3-7(15)6(4-11-5)8-12-13-9(14(8)2)18(10,16)17/h3-4H,1-2H3,(H,11,15)(H2,10,16,17). The number of sulfonamides is 1. The first-order valence-corrected chi connectivity index (χ1v) is 6.47. The number of primary sulfonamides is 1. The topological polar surface area (TPSA) is 124 Å². The average Bonchev–Trinajstić information content (AvgIpc) is 2.60. The molecule has 0 radical (unpaired) electrons. The van der Waals surface area contributed by atoms with Gasteiger partial charge in [-0.1, -0.05) is 0 Å². The zero-order chi connectivity index (χ0) is 13.5. The molecule has 2 aromatic rings. The van der Waals surface area contributed by atoms with Crippen molar-refractivity contribution in [3.63, 3.8) is 0 Å². The lowest BCUT2D eigenvalue weighted by Gasteiger charge is -2.02. The second-order valence-corrected chi connectivity index (χ2v) is 5.26. The van der Waals surface area contributed by atoms with Crippen LogP contribution in [-0.4, -0.2) is 28.2 Å². The maximum Gasteiger partial charge on any atom is 0.273 e. The largest absolute Gasteiger partial charge is 0.364 e. The summed E-state index contributed by atoms with van der Waals surface area (Å²) < 4.78 is 23.6. The number of nitrogens with two attached hydrogens (primary N) is 1. The van der Waals surface area contributed by atoms with Crippen LogP contribution in [0.4, 0.5) is 0 Å². The average molecular weight is 269 g/mol. The maximum absolute atomic E-state index is 11.8. The Balaban J connectivity index is 2.67. The van der Waals surface area contributed by atoms with Gasteiger partial charge in [-0.05, 0) is 6.92 Å². The molecule has 0 bridgehead atoms. The molecule has 2 rings (SSSR count). The summed E-state index contributed by atoms with van der Waals surface area (Å²) in [6, 6.07) is 1.39. The summed E-state index contributed by atoms with van der Waals surface area (Å²) in [4.78, 5) is 14.6. The summed E-state index contributed by atoms with van der Waals surface area (Å²) in [5, 5.41) is 11.7. The van der Waals surface area contributed by atoms with Crippen LogP contribution in [0.1, 0.15) is 5.69 Å². The fourth-order valence-corrected chi connectivity index (χ4v) is 2.17. The number of hydrogen-bond acceptors (Lipinski definition) is 5. The molecule has 2 aromatic heterocycles. The van der Waals surface area contributed by atoms with E-state index < -0.39 is 15.2 Å². The molecule has 9 heteroatoms. The monoisotopic (exact) mass is 269 g/mol. The molecule has 0 spiro atoms. The molecule has 0 unspecified atom stereocenters. The minimum atomic E-state index is -3.96. The Kier molecular flexibility index (Phi) is 2.79. The second-order valence-electron chi connectivity index (χ2n) is 3.80. The van der Waals surface area contributed by atoms with Crippen molar-refractivity contribution in [1.82, 2.24) is 19.7 Å². The quantitative estimate of drug-likeness (QED) is 0.733. The van der Waals surface area contributed by atoms with E-state index in [1.807, 2.05) is 0 Å². The molecule has 0 amide bonds. The molecule has 8 nitrogen and oxygen atoms in total. The van der Waals surface area contributed by atoms with Crippen molar-refractivity contribution >= 4 is 10.0 Å². The van der Waals surface area contributed by atoms with Gasteiger partial charge >= 0.3 is 0 Å². The highest BCUT2D eigenvalue weighted by Gasteiger charge is 2.20. The molecule has 2 heterocycles. The minimum Gasteiger partial charge on any atom is -0.364 e. The second kappa shape index (κ2) is 4.03. The Morgan fingerprint density at radius 1 is 1.39 bits per heavy atom. The number of nitrogens with one attached hydrogen (secondary N) is 1. The number of nitrogens with zero attached hydrogens (tertiary/aromatic N) is 3. The van der Waals surface area contributed by atoms with Crippen molar-refractivity contribution in [3.8, 4) is 11.4 Å². The van der Waals surface area contributed by atoms with Gasteiger partial charge in [-0.3, -0.25) is 9.36 Å². The summed E-state index contributed by atoms with van der Waals surface area (Å²) in [6.45, 7) is 1.73. The molecule has 3 N–H and O–H groups in total. The first-order chi connectivity index (χ1) is 8.30. The lowest BCUT2D eigenvalue weighted by Crippen LogP contribution is -2.18. The van der Waals surface area contributed by atoms with Crippen LogP contribution in [0.3, 0.4) is 0 Å². The van der Waals surface area contributed by atoms with Gasteiger partial charge in [0, 0.05) is 25.0 Å². The number of pyridine rings is 1.